The van der Waals surface area contributed by atoms with Crippen molar-refractivity contribution >= 4 is 23.4 Å². The van der Waals surface area contributed by atoms with E-state index in [4.69, 9.17) is 4.74 Å². The van der Waals surface area contributed by atoms with Crippen molar-refractivity contribution in [1.82, 2.24) is 0 Å². The lowest BCUT2D eigenvalue weighted by molar-refractivity contribution is -0.137. The van der Waals surface area contributed by atoms with Crippen LogP contribution < -0.4 is 10.6 Å². The topological polar surface area (TPSA) is 67.4 Å². The van der Waals surface area contributed by atoms with E-state index in [1.54, 1.807) is 6.92 Å². The van der Waals surface area contributed by atoms with Crippen LogP contribution in [0, 0.1) is 0 Å². The minimum absolute atomic E-state index is 0.221. The van der Waals surface area contributed by atoms with Crippen LogP contribution in [-0.2, 0) is 10.9 Å². The number of benzene rings is 2. The van der Waals surface area contributed by atoms with Gasteiger partial charge in [0.25, 0.3) is 5.91 Å². The first-order chi connectivity index (χ1) is 11.8. The molecule has 0 aromatic heterocycles. The zero-order valence-electron chi connectivity index (χ0n) is 13.2. The number of carbonyl (C=O) groups excluding carboxylic acids is 2. The fourth-order valence-electron chi connectivity index (χ4n) is 2.05. The number of anilines is 2. The summed E-state index contributed by atoms with van der Waals surface area (Å²) in [5, 5.41) is 4.85. The Hall–Kier alpha value is -3.03. The second kappa shape index (κ2) is 7.69. The number of hydrogen-bond donors (Lipinski definition) is 2. The summed E-state index contributed by atoms with van der Waals surface area (Å²) in [6.07, 6.45) is -5.25. The zero-order valence-corrected chi connectivity index (χ0v) is 13.2. The summed E-state index contributed by atoms with van der Waals surface area (Å²) in [4.78, 5) is 23.4. The molecule has 0 saturated carbocycles. The molecule has 0 saturated heterocycles. The van der Waals surface area contributed by atoms with Crippen LogP contribution in [0.15, 0.2) is 48.5 Å². The van der Waals surface area contributed by atoms with E-state index >= 15 is 0 Å². The van der Waals surface area contributed by atoms with Gasteiger partial charge in [-0.25, -0.2) is 4.79 Å². The Labute approximate surface area is 141 Å². The summed E-state index contributed by atoms with van der Waals surface area (Å²) in [5.41, 5.74) is -0.764. The first-order valence-electron chi connectivity index (χ1n) is 7.32. The maximum atomic E-state index is 13.0. The maximum absolute atomic E-state index is 13.0. The SMILES string of the molecule is CCOC(=O)Nc1ccc(NC(=O)c2ccccc2C(F)(F)F)cc1. The van der Waals surface area contributed by atoms with Crippen molar-refractivity contribution in [2.75, 3.05) is 17.2 Å². The van der Waals surface area contributed by atoms with Crippen LogP contribution in [-0.4, -0.2) is 18.6 Å². The van der Waals surface area contributed by atoms with E-state index in [-0.39, 0.29) is 12.3 Å². The summed E-state index contributed by atoms with van der Waals surface area (Å²) in [6, 6.07) is 10.4. The number of halogens is 3. The molecule has 2 amide bonds. The van der Waals surface area contributed by atoms with Gasteiger partial charge >= 0.3 is 12.3 Å². The molecule has 0 aliphatic rings. The van der Waals surface area contributed by atoms with E-state index in [0.717, 1.165) is 12.1 Å². The normalized spacial score (nSPS) is 10.9. The van der Waals surface area contributed by atoms with Gasteiger partial charge in [0.05, 0.1) is 17.7 Å². The van der Waals surface area contributed by atoms with Crippen molar-refractivity contribution in [1.29, 1.82) is 0 Å². The molecular weight excluding hydrogens is 337 g/mol. The molecule has 8 heteroatoms. The standard InChI is InChI=1S/C17H15F3N2O3/c1-2-25-16(24)22-12-9-7-11(8-10-12)21-15(23)13-5-3-4-6-14(13)17(18,19)20/h3-10H,2H2,1H3,(H,21,23)(H,22,24). The van der Waals surface area contributed by atoms with Gasteiger partial charge in [0.2, 0.25) is 0 Å². The number of amides is 2. The molecule has 0 radical (unpaired) electrons. The Bertz CT molecular complexity index is 758. The van der Waals surface area contributed by atoms with Gasteiger partial charge in [-0.2, -0.15) is 13.2 Å². The number of carbonyl (C=O) groups is 2. The van der Waals surface area contributed by atoms with Crippen LogP contribution in [0.4, 0.5) is 29.3 Å². The largest absolute Gasteiger partial charge is 0.450 e. The lowest BCUT2D eigenvalue weighted by atomic mass is 10.1. The molecule has 25 heavy (non-hydrogen) atoms. The molecule has 0 spiro atoms. The van der Waals surface area contributed by atoms with Crippen LogP contribution in [0.1, 0.15) is 22.8 Å². The van der Waals surface area contributed by atoms with Crippen LogP contribution in [0.5, 0.6) is 0 Å². The van der Waals surface area contributed by atoms with E-state index < -0.39 is 29.3 Å². The Morgan fingerprint density at radius 2 is 1.52 bits per heavy atom. The Morgan fingerprint density at radius 1 is 0.960 bits per heavy atom. The Kier molecular flexibility index (Phi) is 5.63. The molecule has 0 unspecified atom stereocenters. The summed E-state index contributed by atoms with van der Waals surface area (Å²) in [5.74, 6) is -0.876. The Balaban J connectivity index is 2.10. The molecule has 0 aliphatic carbocycles. The van der Waals surface area contributed by atoms with Crippen LogP contribution in [0.3, 0.4) is 0 Å². The van der Waals surface area contributed by atoms with Gasteiger partial charge in [0.1, 0.15) is 0 Å². The first kappa shape index (κ1) is 18.3. The van der Waals surface area contributed by atoms with Gasteiger partial charge in [0, 0.05) is 11.4 Å². The molecule has 132 valence electrons. The third-order valence-electron chi connectivity index (χ3n) is 3.14. The highest BCUT2D eigenvalue weighted by Gasteiger charge is 2.34. The van der Waals surface area contributed by atoms with Crippen molar-refractivity contribution in [3.8, 4) is 0 Å². The smallest absolute Gasteiger partial charge is 0.417 e. The quantitative estimate of drug-likeness (QED) is 0.850. The average molecular weight is 352 g/mol. The van der Waals surface area contributed by atoms with E-state index in [1.807, 2.05) is 0 Å². The summed E-state index contributed by atoms with van der Waals surface area (Å²) in [6.45, 7) is 1.88. The second-order valence-corrected chi connectivity index (χ2v) is 4.92. The van der Waals surface area contributed by atoms with E-state index in [2.05, 4.69) is 10.6 Å². The molecule has 2 N–H and O–H groups in total. The molecule has 5 nitrogen and oxygen atoms in total. The lowest BCUT2D eigenvalue weighted by Crippen LogP contribution is -2.18. The monoisotopic (exact) mass is 352 g/mol. The number of ether oxygens (including phenoxy) is 1. The molecule has 0 atom stereocenters. The minimum atomic E-state index is -4.62. The molecule has 2 aromatic carbocycles. The minimum Gasteiger partial charge on any atom is -0.450 e. The maximum Gasteiger partial charge on any atom is 0.417 e. The molecular formula is C17H15F3N2O3. The van der Waals surface area contributed by atoms with Gasteiger partial charge in [-0.15, -0.1) is 0 Å². The predicted molar refractivity (Wildman–Crippen MR) is 86.5 cm³/mol. The lowest BCUT2D eigenvalue weighted by Gasteiger charge is -2.13. The number of hydrogen-bond acceptors (Lipinski definition) is 3. The highest BCUT2D eigenvalue weighted by atomic mass is 19.4. The van der Waals surface area contributed by atoms with Crippen molar-refractivity contribution in [3.63, 3.8) is 0 Å². The van der Waals surface area contributed by atoms with Crippen molar-refractivity contribution in [3.05, 3.63) is 59.7 Å². The third-order valence-corrected chi connectivity index (χ3v) is 3.14. The van der Waals surface area contributed by atoms with Gasteiger partial charge in [-0.1, -0.05) is 12.1 Å². The number of nitrogens with one attached hydrogen (secondary N) is 2. The fraction of sp³-hybridized carbons (Fsp3) is 0.176. The summed E-state index contributed by atoms with van der Waals surface area (Å²) >= 11 is 0. The van der Waals surface area contributed by atoms with Crippen LogP contribution >= 0.6 is 0 Å². The Morgan fingerprint density at radius 3 is 2.08 bits per heavy atom. The van der Waals surface area contributed by atoms with Gasteiger partial charge in [-0.3, -0.25) is 10.1 Å². The van der Waals surface area contributed by atoms with E-state index in [9.17, 15) is 22.8 Å². The molecule has 0 fully saturated rings. The molecule has 0 bridgehead atoms. The van der Waals surface area contributed by atoms with Gasteiger partial charge in [0.15, 0.2) is 0 Å². The number of rotatable bonds is 4. The van der Waals surface area contributed by atoms with Crippen molar-refractivity contribution in [2.45, 2.75) is 13.1 Å². The predicted octanol–water partition coefficient (Wildman–Crippen LogP) is 4.53. The number of alkyl halides is 3. The van der Waals surface area contributed by atoms with Gasteiger partial charge < -0.3 is 10.1 Å². The summed E-state index contributed by atoms with van der Waals surface area (Å²) < 4.78 is 43.6. The van der Waals surface area contributed by atoms with E-state index in [1.165, 1.54) is 36.4 Å². The second-order valence-electron chi connectivity index (χ2n) is 4.92. The van der Waals surface area contributed by atoms with Crippen LogP contribution in [0.25, 0.3) is 0 Å². The molecule has 2 rings (SSSR count). The highest BCUT2D eigenvalue weighted by Crippen LogP contribution is 2.32. The van der Waals surface area contributed by atoms with Crippen LogP contribution in [0.2, 0.25) is 0 Å². The van der Waals surface area contributed by atoms with Crippen molar-refractivity contribution < 1.29 is 27.5 Å². The van der Waals surface area contributed by atoms with Gasteiger partial charge in [-0.05, 0) is 43.3 Å². The van der Waals surface area contributed by atoms with Crippen molar-refractivity contribution in [2.24, 2.45) is 0 Å². The molecule has 0 aliphatic heterocycles. The zero-order chi connectivity index (χ0) is 18.4. The fourth-order valence-corrected chi connectivity index (χ4v) is 2.05. The van der Waals surface area contributed by atoms with E-state index in [0.29, 0.717) is 5.69 Å². The summed E-state index contributed by atoms with van der Waals surface area (Å²) in [7, 11) is 0. The molecule has 0 heterocycles. The average Bonchev–Trinajstić information content (AvgIpc) is 2.56. The third kappa shape index (κ3) is 4.97. The first-order valence-corrected chi connectivity index (χ1v) is 7.32. The molecule has 2 aromatic rings. The highest BCUT2D eigenvalue weighted by molar-refractivity contribution is 6.05.